The van der Waals surface area contributed by atoms with Crippen LogP contribution in [0.2, 0.25) is 0 Å². The third-order valence-corrected chi connectivity index (χ3v) is 3.37. The molecule has 154 valence electrons. The van der Waals surface area contributed by atoms with Gasteiger partial charge in [0.15, 0.2) is 0 Å². The maximum absolute atomic E-state index is 10.0. The molecule has 26 heavy (non-hydrogen) atoms. The first-order valence-corrected chi connectivity index (χ1v) is 10.0. The number of nitrogens with two attached hydrogens (primary N) is 2. The van der Waals surface area contributed by atoms with Crippen molar-refractivity contribution in [3.63, 3.8) is 0 Å². The Labute approximate surface area is 170 Å². The van der Waals surface area contributed by atoms with Crippen molar-refractivity contribution in [1.82, 2.24) is 0 Å². The minimum Gasteiger partial charge on any atom is -0.748 e. The standard InChI is InChI=1S/C7H15NO3.2C2H7NO3S.Mg/c1-8(2,3)5-6(9)4-7(10)11;2*3-1-2-7(4,5)6;/h6,9H,4-5H2,1-3H3;2*1-3H2,(H,4,5,6);/q;;;+2/p-2. The minimum absolute atomic E-state index is 0. The molecule has 0 aromatic heterocycles. The molecule has 0 saturated heterocycles. The molecule has 0 bridgehead atoms. The smallest absolute Gasteiger partial charge is 0.748 e. The number of aliphatic carboxylic acids is 1. The van der Waals surface area contributed by atoms with Crippen molar-refractivity contribution in [2.45, 2.75) is 12.5 Å². The minimum atomic E-state index is -4.05. The summed E-state index contributed by atoms with van der Waals surface area (Å²) in [6.07, 6.45) is -1.09. The Bertz CT molecular complexity index is 528. The van der Waals surface area contributed by atoms with Crippen LogP contribution in [0.25, 0.3) is 0 Å². The third-order valence-electron chi connectivity index (χ3n) is 1.90. The first-order chi connectivity index (χ1) is 10.9. The molecule has 0 amide bonds. The Morgan fingerprint density at radius 2 is 1.31 bits per heavy atom. The Balaban J connectivity index is -0.000000143. The zero-order chi connectivity index (χ0) is 20.9. The number of rotatable bonds is 8. The zero-order valence-electron chi connectivity index (χ0n) is 15.2. The van der Waals surface area contributed by atoms with Crippen LogP contribution in [-0.4, -0.2) is 123 Å². The van der Waals surface area contributed by atoms with Crippen LogP contribution in [0.3, 0.4) is 0 Å². The van der Waals surface area contributed by atoms with Gasteiger partial charge in [0.2, 0.25) is 0 Å². The van der Waals surface area contributed by atoms with Gasteiger partial charge in [0.1, 0.15) is 12.6 Å². The molecule has 0 aliphatic rings. The molecule has 5 N–H and O–H groups in total. The number of hydrogen-bond acceptors (Lipinski definition) is 11. The van der Waals surface area contributed by atoms with Crippen molar-refractivity contribution in [3.8, 4) is 0 Å². The van der Waals surface area contributed by atoms with Crippen LogP contribution in [0, 0.1) is 0 Å². The van der Waals surface area contributed by atoms with Crippen LogP contribution in [-0.2, 0) is 25.0 Å². The normalized spacial score (nSPS) is 12.5. The van der Waals surface area contributed by atoms with Crippen LogP contribution in [0.4, 0.5) is 0 Å². The molecule has 0 heterocycles. The summed E-state index contributed by atoms with van der Waals surface area (Å²) < 4.78 is 58.1. The van der Waals surface area contributed by atoms with Gasteiger partial charge in [-0.2, -0.15) is 0 Å². The fourth-order valence-electron chi connectivity index (χ4n) is 1.18. The maximum atomic E-state index is 10.0. The Kier molecular flexibility index (Phi) is 20.5. The van der Waals surface area contributed by atoms with E-state index in [4.69, 9.17) is 16.6 Å². The van der Waals surface area contributed by atoms with E-state index in [0.717, 1.165) is 0 Å². The van der Waals surface area contributed by atoms with Crippen molar-refractivity contribution < 1.29 is 45.4 Å². The summed E-state index contributed by atoms with van der Waals surface area (Å²) in [6.45, 7) is 0.242. The summed E-state index contributed by atoms with van der Waals surface area (Å²) >= 11 is 0. The number of carbonyl (C=O) groups is 1. The fourth-order valence-corrected chi connectivity index (χ4v) is 1.76. The van der Waals surface area contributed by atoms with E-state index in [1.165, 1.54) is 0 Å². The summed E-state index contributed by atoms with van der Waals surface area (Å²) in [7, 11) is -2.44. The third kappa shape index (κ3) is 43.9. The van der Waals surface area contributed by atoms with Crippen molar-refractivity contribution >= 4 is 49.3 Å². The largest absolute Gasteiger partial charge is 2.00 e. The van der Waals surface area contributed by atoms with Gasteiger partial charge in [-0.3, -0.25) is 0 Å². The average Bonchev–Trinajstić information content (AvgIpc) is 2.22. The monoisotopic (exact) mass is 433 g/mol. The van der Waals surface area contributed by atoms with Crippen LogP contribution in [0.5, 0.6) is 0 Å². The number of hydrogen-bond donors (Lipinski definition) is 3. The first kappa shape index (κ1) is 33.5. The van der Waals surface area contributed by atoms with Gasteiger partial charge in [-0.05, 0) is 0 Å². The second-order valence-corrected chi connectivity index (χ2v) is 8.85. The van der Waals surface area contributed by atoms with E-state index in [0.29, 0.717) is 11.0 Å². The van der Waals surface area contributed by atoms with Crippen LogP contribution < -0.4 is 16.6 Å². The Hall–Kier alpha value is -0.104. The number of nitrogens with zero attached hydrogens (tertiary/aromatic N) is 1. The van der Waals surface area contributed by atoms with Crippen molar-refractivity contribution in [2.75, 3.05) is 52.3 Å². The van der Waals surface area contributed by atoms with Gasteiger partial charge in [0, 0.05) is 25.5 Å². The number of likely N-dealkylation sites (N-methyl/N-ethyl adjacent to an activating group) is 1. The summed E-state index contributed by atoms with van der Waals surface area (Å²) in [5.74, 6) is -2.13. The van der Waals surface area contributed by atoms with Crippen molar-refractivity contribution in [1.29, 1.82) is 0 Å². The van der Waals surface area contributed by atoms with Crippen molar-refractivity contribution in [3.05, 3.63) is 0 Å². The summed E-state index contributed by atoms with van der Waals surface area (Å²) in [6, 6.07) is 0. The number of aliphatic hydroxyl groups is 1. The summed E-state index contributed by atoms with van der Waals surface area (Å²) in [5, 5.41) is 19.1. The number of carboxylic acid groups (broad SMARTS) is 1. The van der Waals surface area contributed by atoms with Gasteiger partial charge in [0.05, 0.1) is 52.9 Å². The fraction of sp³-hybridized carbons (Fsp3) is 0.909. The summed E-state index contributed by atoms with van der Waals surface area (Å²) in [4.78, 5) is 10.0. The molecule has 1 atom stereocenters. The van der Waals surface area contributed by atoms with Gasteiger partial charge in [-0.25, -0.2) is 16.8 Å². The SMILES string of the molecule is C[N+](C)(C)CC(O)CC(=O)[O-].NCCS(=O)(=O)[O-].NCCS(=O)(=O)[O-].[Mg+2]. The van der Waals surface area contributed by atoms with E-state index in [1.807, 2.05) is 21.1 Å². The topological polar surface area (TPSA) is 227 Å². The van der Waals surface area contributed by atoms with Gasteiger partial charge in [0.25, 0.3) is 0 Å². The molecular formula is C11H27MgN3O9S2. The molecule has 15 heteroatoms. The molecule has 1 unspecified atom stereocenters. The molecular weight excluding hydrogens is 407 g/mol. The first-order valence-electron chi connectivity index (χ1n) is 6.89. The van der Waals surface area contributed by atoms with E-state index >= 15 is 0 Å². The average molecular weight is 434 g/mol. The number of quaternary nitrogens is 1. The molecule has 0 fully saturated rings. The van der Waals surface area contributed by atoms with Gasteiger partial charge < -0.3 is 40.1 Å². The predicted octanol–water partition coefficient (Wildman–Crippen LogP) is -5.21. The van der Waals surface area contributed by atoms with E-state index in [9.17, 15) is 35.8 Å². The van der Waals surface area contributed by atoms with E-state index in [-0.39, 0.29) is 42.6 Å². The van der Waals surface area contributed by atoms with Crippen LogP contribution in [0.1, 0.15) is 6.42 Å². The molecule has 0 rings (SSSR count). The number of aliphatic hydroxyl groups excluding tert-OH is 1. The summed E-state index contributed by atoms with van der Waals surface area (Å²) in [5.41, 5.74) is 9.47. The second kappa shape index (κ2) is 15.9. The van der Waals surface area contributed by atoms with E-state index in [2.05, 4.69) is 0 Å². The Morgan fingerprint density at radius 1 is 1.00 bits per heavy atom. The van der Waals surface area contributed by atoms with Crippen LogP contribution >= 0.6 is 0 Å². The van der Waals surface area contributed by atoms with Gasteiger partial charge >= 0.3 is 23.1 Å². The van der Waals surface area contributed by atoms with Gasteiger partial charge in [-0.15, -0.1) is 0 Å². The van der Waals surface area contributed by atoms with E-state index < -0.39 is 43.8 Å². The Morgan fingerprint density at radius 3 is 1.42 bits per heavy atom. The van der Waals surface area contributed by atoms with E-state index in [1.54, 1.807) is 0 Å². The molecule has 0 radical (unpaired) electrons. The quantitative estimate of drug-likeness (QED) is 0.186. The maximum Gasteiger partial charge on any atom is 2.00 e. The van der Waals surface area contributed by atoms with Gasteiger partial charge in [-0.1, -0.05) is 0 Å². The predicted molar refractivity (Wildman–Crippen MR) is 91.5 cm³/mol. The second-order valence-electron chi connectivity index (χ2n) is 5.80. The molecule has 0 aliphatic heterocycles. The molecule has 0 saturated carbocycles. The molecule has 0 aliphatic carbocycles. The van der Waals surface area contributed by atoms with Crippen molar-refractivity contribution in [2.24, 2.45) is 11.5 Å². The number of carbonyl (C=O) groups excluding carboxylic acids is 1. The van der Waals surface area contributed by atoms with Crippen LogP contribution in [0.15, 0.2) is 0 Å². The molecule has 12 nitrogen and oxygen atoms in total. The molecule has 0 aromatic carbocycles. The zero-order valence-corrected chi connectivity index (χ0v) is 18.2. The number of carboxylic acids is 1. The molecule has 0 spiro atoms. The molecule has 0 aromatic rings.